The van der Waals surface area contributed by atoms with Crippen molar-refractivity contribution in [1.82, 2.24) is 0 Å². The van der Waals surface area contributed by atoms with Gasteiger partial charge >= 0.3 is 0 Å². The average molecular weight is 283 g/mol. The van der Waals surface area contributed by atoms with E-state index in [0.717, 1.165) is 14.9 Å². The summed E-state index contributed by atoms with van der Waals surface area (Å²) in [6.45, 7) is 2.63. The Labute approximate surface area is 82.4 Å². The molecule has 0 saturated carbocycles. The zero-order valence-electron chi connectivity index (χ0n) is 6.10. The van der Waals surface area contributed by atoms with Gasteiger partial charge in [0.05, 0.1) is 4.47 Å². The minimum Gasteiger partial charge on any atom is -0.453 e. The Hall–Kier alpha value is 0.200. The third-order valence-electron chi connectivity index (χ3n) is 1.50. The van der Waals surface area contributed by atoms with Crippen molar-refractivity contribution in [3.63, 3.8) is 0 Å². The van der Waals surface area contributed by atoms with Gasteiger partial charge in [0.25, 0.3) is 0 Å². The molecule has 0 spiro atoms. The molecule has 0 aliphatic heterocycles. The fraction of sp³-hybridized carbons (Fsp3) is 0.429. The Morgan fingerprint density at radius 2 is 2.27 bits per heavy atom. The van der Waals surface area contributed by atoms with Crippen LogP contribution in [0.25, 0.3) is 0 Å². The van der Waals surface area contributed by atoms with Crippen LogP contribution in [0.5, 0.6) is 0 Å². The summed E-state index contributed by atoms with van der Waals surface area (Å²) in [6, 6.07) is 1.93. The summed E-state index contributed by atoms with van der Waals surface area (Å²) in [6.07, 6.45) is 0. The second-order valence-corrected chi connectivity index (χ2v) is 3.98. The van der Waals surface area contributed by atoms with Gasteiger partial charge in [-0.1, -0.05) is 6.92 Å². The number of halogens is 2. The molecule has 0 saturated heterocycles. The molecule has 1 rings (SSSR count). The van der Waals surface area contributed by atoms with Crippen LogP contribution in [0.4, 0.5) is 0 Å². The predicted octanol–water partition coefficient (Wildman–Crippen LogP) is 2.87. The lowest BCUT2D eigenvalue weighted by Crippen LogP contribution is -2.07. The van der Waals surface area contributed by atoms with E-state index < -0.39 is 0 Å². The Morgan fingerprint density at radius 3 is 2.64 bits per heavy atom. The van der Waals surface area contributed by atoms with E-state index in [1.54, 1.807) is 0 Å². The molecule has 0 aromatic carbocycles. The molecule has 2 N–H and O–H groups in total. The highest BCUT2D eigenvalue weighted by molar-refractivity contribution is 9.13. The lowest BCUT2D eigenvalue weighted by molar-refractivity contribution is 0.458. The molecule has 1 atom stereocenters. The fourth-order valence-electron chi connectivity index (χ4n) is 0.722. The standard InChI is InChI=1S/C7H9Br2NO/c1-4(3-10)6-2-5(8)7(9)11-6/h2,4H,3,10H2,1H3. The molecular weight excluding hydrogens is 274 g/mol. The SMILES string of the molecule is CC(CN)c1cc(Br)c(Br)o1. The zero-order chi connectivity index (χ0) is 8.43. The average Bonchev–Trinajstić information content (AvgIpc) is 2.31. The van der Waals surface area contributed by atoms with Crippen LogP contribution in [0.3, 0.4) is 0 Å². The largest absolute Gasteiger partial charge is 0.453 e. The van der Waals surface area contributed by atoms with Gasteiger partial charge in [0.15, 0.2) is 4.67 Å². The minimum atomic E-state index is 0.276. The van der Waals surface area contributed by atoms with E-state index in [1.165, 1.54) is 0 Å². The van der Waals surface area contributed by atoms with E-state index in [0.29, 0.717) is 6.54 Å². The number of rotatable bonds is 2. The number of nitrogens with two attached hydrogens (primary N) is 1. The maximum absolute atomic E-state index is 5.47. The molecule has 0 bridgehead atoms. The third-order valence-corrected chi connectivity index (χ3v) is 3.21. The Balaban J connectivity index is 2.88. The van der Waals surface area contributed by atoms with Gasteiger partial charge in [0.1, 0.15) is 5.76 Å². The van der Waals surface area contributed by atoms with Crippen molar-refractivity contribution in [3.8, 4) is 0 Å². The van der Waals surface area contributed by atoms with Crippen LogP contribution in [0.15, 0.2) is 19.6 Å². The lowest BCUT2D eigenvalue weighted by Gasteiger charge is -2.01. The van der Waals surface area contributed by atoms with Crippen LogP contribution in [-0.4, -0.2) is 6.54 Å². The summed E-state index contributed by atoms with van der Waals surface area (Å²) < 4.78 is 7.02. The summed E-state index contributed by atoms with van der Waals surface area (Å²) in [5, 5.41) is 0. The zero-order valence-corrected chi connectivity index (χ0v) is 9.28. The van der Waals surface area contributed by atoms with Gasteiger partial charge in [-0.2, -0.15) is 0 Å². The highest BCUT2D eigenvalue weighted by atomic mass is 79.9. The molecule has 0 aliphatic rings. The normalized spacial score (nSPS) is 13.5. The van der Waals surface area contributed by atoms with E-state index >= 15 is 0 Å². The van der Waals surface area contributed by atoms with E-state index in [2.05, 4.69) is 31.9 Å². The molecule has 1 aromatic heterocycles. The molecule has 0 aliphatic carbocycles. The topological polar surface area (TPSA) is 39.2 Å². The van der Waals surface area contributed by atoms with Crippen molar-refractivity contribution in [2.24, 2.45) is 5.73 Å². The number of hydrogen-bond donors (Lipinski definition) is 1. The van der Waals surface area contributed by atoms with E-state index in [4.69, 9.17) is 10.2 Å². The van der Waals surface area contributed by atoms with Crippen LogP contribution in [-0.2, 0) is 0 Å². The first kappa shape index (κ1) is 9.29. The molecule has 0 radical (unpaired) electrons. The molecule has 1 unspecified atom stereocenters. The van der Waals surface area contributed by atoms with Gasteiger partial charge < -0.3 is 10.2 Å². The van der Waals surface area contributed by atoms with Crippen molar-refractivity contribution in [2.45, 2.75) is 12.8 Å². The molecule has 0 fully saturated rings. The Bertz CT molecular complexity index is 227. The van der Waals surface area contributed by atoms with Gasteiger partial charge in [0, 0.05) is 12.5 Å². The molecule has 11 heavy (non-hydrogen) atoms. The highest BCUT2D eigenvalue weighted by Crippen LogP contribution is 2.30. The van der Waals surface area contributed by atoms with Gasteiger partial charge in [0.2, 0.25) is 0 Å². The summed E-state index contributed by atoms with van der Waals surface area (Å²) in [7, 11) is 0. The van der Waals surface area contributed by atoms with Gasteiger partial charge in [-0.3, -0.25) is 0 Å². The first-order valence-corrected chi connectivity index (χ1v) is 4.88. The second kappa shape index (κ2) is 3.74. The fourth-order valence-corrected chi connectivity index (χ4v) is 1.33. The summed E-state index contributed by atoms with van der Waals surface area (Å²) in [4.78, 5) is 0. The first-order chi connectivity index (χ1) is 5.15. The molecule has 2 nitrogen and oxygen atoms in total. The summed E-state index contributed by atoms with van der Waals surface area (Å²) in [5.41, 5.74) is 5.47. The van der Waals surface area contributed by atoms with Crippen molar-refractivity contribution < 1.29 is 4.42 Å². The van der Waals surface area contributed by atoms with Gasteiger partial charge in [-0.15, -0.1) is 0 Å². The van der Waals surface area contributed by atoms with Crippen LogP contribution in [0, 0.1) is 0 Å². The van der Waals surface area contributed by atoms with Crippen molar-refractivity contribution in [3.05, 3.63) is 21.0 Å². The monoisotopic (exact) mass is 281 g/mol. The predicted molar refractivity (Wildman–Crippen MR) is 51.6 cm³/mol. The number of hydrogen-bond acceptors (Lipinski definition) is 2. The quantitative estimate of drug-likeness (QED) is 0.906. The van der Waals surface area contributed by atoms with E-state index in [9.17, 15) is 0 Å². The van der Waals surface area contributed by atoms with Crippen LogP contribution >= 0.6 is 31.9 Å². The van der Waals surface area contributed by atoms with Crippen molar-refractivity contribution in [2.75, 3.05) is 6.54 Å². The smallest absolute Gasteiger partial charge is 0.183 e. The lowest BCUT2D eigenvalue weighted by atomic mass is 10.1. The Morgan fingerprint density at radius 1 is 1.64 bits per heavy atom. The maximum atomic E-state index is 5.47. The first-order valence-electron chi connectivity index (χ1n) is 3.30. The molecule has 1 heterocycles. The second-order valence-electron chi connectivity index (χ2n) is 2.41. The highest BCUT2D eigenvalue weighted by Gasteiger charge is 2.10. The molecule has 4 heteroatoms. The van der Waals surface area contributed by atoms with Crippen LogP contribution in [0.2, 0.25) is 0 Å². The summed E-state index contributed by atoms with van der Waals surface area (Å²) >= 11 is 6.59. The van der Waals surface area contributed by atoms with Crippen molar-refractivity contribution >= 4 is 31.9 Å². The molecule has 62 valence electrons. The maximum Gasteiger partial charge on any atom is 0.183 e. The molecule has 0 amide bonds. The molecule has 1 aromatic rings. The van der Waals surface area contributed by atoms with Crippen LogP contribution < -0.4 is 5.73 Å². The van der Waals surface area contributed by atoms with Crippen molar-refractivity contribution in [1.29, 1.82) is 0 Å². The Kier molecular flexibility index (Phi) is 3.16. The van der Waals surface area contributed by atoms with E-state index in [1.807, 2.05) is 13.0 Å². The van der Waals surface area contributed by atoms with E-state index in [-0.39, 0.29) is 5.92 Å². The third kappa shape index (κ3) is 2.07. The summed E-state index contributed by atoms with van der Waals surface area (Å²) in [5.74, 6) is 1.18. The minimum absolute atomic E-state index is 0.276. The molecular formula is C7H9Br2NO. The van der Waals surface area contributed by atoms with Crippen LogP contribution in [0.1, 0.15) is 18.6 Å². The number of furan rings is 1. The van der Waals surface area contributed by atoms with Gasteiger partial charge in [-0.05, 0) is 37.9 Å². The van der Waals surface area contributed by atoms with Gasteiger partial charge in [-0.25, -0.2) is 0 Å².